The third kappa shape index (κ3) is 5.56. The summed E-state index contributed by atoms with van der Waals surface area (Å²) in [4.78, 5) is 14.5. The molecule has 1 amide bonds. The molecule has 0 aromatic heterocycles. The number of carbonyl (C=O) groups is 1. The van der Waals surface area contributed by atoms with Crippen LogP contribution in [0.4, 0.5) is 18.9 Å². The minimum absolute atomic E-state index is 0.0252. The van der Waals surface area contributed by atoms with E-state index >= 15 is 0 Å². The molecule has 2 N–H and O–H groups in total. The van der Waals surface area contributed by atoms with Crippen LogP contribution in [0.3, 0.4) is 0 Å². The number of ether oxygens (including phenoxy) is 1. The van der Waals surface area contributed by atoms with Gasteiger partial charge in [-0.1, -0.05) is 13.8 Å². The van der Waals surface area contributed by atoms with Crippen LogP contribution in [0.5, 0.6) is 5.75 Å². The molecule has 0 spiro atoms. The van der Waals surface area contributed by atoms with Crippen LogP contribution in [0.1, 0.15) is 33.1 Å². The lowest BCUT2D eigenvalue weighted by Crippen LogP contribution is -2.50. The SMILES string of the molecule is CNC(=O)[C@H](CC(C)C)N[C@H]1CC[C@@H]2CN(c3ccc(OC(F)(F)F)cc3)C[C@@H]21. The maximum Gasteiger partial charge on any atom is 0.573 e. The topological polar surface area (TPSA) is 53.6 Å². The van der Waals surface area contributed by atoms with E-state index in [1.807, 2.05) is 0 Å². The molecule has 4 atom stereocenters. The van der Waals surface area contributed by atoms with Gasteiger partial charge in [0.25, 0.3) is 0 Å². The highest BCUT2D eigenvalue weighted by atomic mass is 19.4. The van der Waals surface area contributed by atoms with Crippen molar-refractivity contribution in [3.8, 4) is 5.75 Å². The van der Waals surface area contributed by atoms with Crippen molar-refractivity contribution in [3.05, 3.63) is 24.3 Å². The van der Waals surface area contributed by atoms with Crippen LogP contribution in [0.15, 0.2) is 24.3 Å². The number of rotatable bonds is 7. The van der Waals surface area contributed by atoms with Gasteiger partial charge < -0.3 is 20.3 Å². The van der Waals surface area contributed by atoms with Gasteiger partial charge in [0.2, 0.25) is 5.91 Å². The predicted molar refractivity (Wildman–Crippen MR) is 106 cm³/mol. The molecule has 1 aromatic carbocycles. The predicted octanol–water partition coefficient (Wildman–Crippen LogP) is 3.55. The number of nitrogens with one attached hydrogen (secondary N) is 2. The van der Waals surface area contributed by atoms with Crippen molar-refractivity contribution in [1.82, 2.24) is 10.6 Å². The fourth-order valence-corrected chi connectivity index (χ4v) is 4.70. The summed E-state index contributed by atoms with van der Waals surface area (Å²) < 4.78 is 41.0. The van der Waals surface area contributed by atoms with Gasteiger partial charge in [0.05, 0.1) is 6.04 Å². The van der Waals surface area contributed by atoms with Crippen molar-refractivity contribution < 1.29 is 22.7 Å². The Morgan fingerprint density at radius 2 is 1.90 bits per heavy atom. The van der Waals surface area contributed by atoms with Crippen LogP contribution >= 0.6 is 0 Å². The lowest BCUT2D eigenvalue weighted by Gasteiger charge is -2.28. The molecule has 29 heavy (non-hydrogen) atoms. The maximum atomic E-state index is 12.3. The summed E-state index contributed by atoms with van der Waals surface area (Å²) in [7, 11) is 1.66. The van der Waals surface area contributed by atoms with Gasteiger partial charge in [-0.2, -0.15) is 0 Å². The molecule has 0 bridgehead atoms. The van der Waals surface area contributed by atoms with Gasteiger partial charge in [-0.15, -0.1) is 13.2 Å². The lowest BCUT2D eigenvalue weighted by atomic mass is 9.95. The van der Waals surface area contributed by atoms with Crippen molar-refractivity contribution >= 4 is 11.6 Å². The second-order valence-electron chi connectivity index (χ2n) is 8.52. The zero-order valence-electron chi connectivity index (χ0n) is 17.1. The average Bonchev–Trinajstić information content (AvgIpc) is 3.21. The molecular formula is C21H30F3N3O2. The van der Waals surface area contributed by atoms with E-state index in [9.17, 15) is 18.0 Å². The largest absolute Gasteiger partial charge is 0.573 e. The number of alkyl halides is 3. The van der Waals surface area contributed by atoms with Gasteiger partial charge in [0.15, 0.2) is 0 Å². The van der Waals surface area contributed by atoms with Crippen LogP contribution < -0.4 is 20.3 Å². The fourth-order valence-electron chi connectivity index (χ4n) is 4.70. The second kappa shape index (κ2) is 8.81. The third-order valence-electron chi connectivity index (χ3n) is 5.98. The fraction of sp³-hybridized carbons (Fsp3) is 0.667. The normalized spacial score (nSPS) is 25.2. The van der Waals surface area contributed by atoms with E-state index in [2.05, 4.69) is 34.1 Å². The molecule has 1 saturated heterocycles. The van der Waals surface area contributed by atoms with E-state index in [0.717, 1.165) is 38.0 Å². The Hall–Kier alpha value is -1.96. The summed E-state index contributed by atoms with van der Waals surface area (Å²) >= 11 is 0. The standard InChI is InChI=1S/C21H30F3N3O2/c1-13(2)10-19(20(28)25-3)26-18-9-4-14-11-27(12-17(14)18)15-5-7-16(8-6-15)29-21(22,23)24/h5-8,13-14,17-19,26H,4,9-12H2,1-3H3,(H,25,28)/t14-,17+,18+,19+/m1/s1. The average molecular weight is 413 g/mol. The minimum atomic E-state index is -4.68. The molecule has 8 heteroatoms. The zero-order valence-corrected chi connectivity index (χ0v) is 17.1. The van der Waals surface area contributed by atoms with Crippen molar-refractivity contribution in [3.63, 3.8) is 0 Å². The summed E-state index contributed by atoms with van der Waals surface area (Å²) in [5.74, 6) is 1.20. The first kappa shape index (κ1) is 21.7. The van der Waals surface area contributed by atoms with Crippen LogP contribution in [0, 0.1) is 17.8 Å². The highest BCUT2D eigenvalue weighted by Crippen LogP contribution is 2.40. The van der Waals surface area contributed by atoms with Crippen LogP contribution in [0.2, 0.25) is 0 Å². The van der Waals surface area contributed by atoms with Gasteiger partial charge in [-0.25, -0.2) is 0 Å². The molecule has 162 valence electrons. The van der Waals surface area contributed by atoms with Crippen LogP contribution in [0.25, 0.3) is 0 Å². The van der Waals surface area contributed by atoms with Crippen molar-refractivity contribution in [2.45, 2.75) is 51.6 Å². The van der Waals surface area contributed by atoms with Gasteiger partial charge in [-0.05, 0) is 61.3 Å². The zero-order chi connectivity index (χ0) is 21.2. The number of anilines is 1. The summed E-state index contributed by atoms with van der Waals surface area (Å²) in [6.45, 7) is 5.94. The van der Waals surface area contributed by atoms with Crippen molar-refractivity contribution in [1.29, 1.82) is 0 Å². The summed E-state index contributed by atoms with van der Waals surface area (Å²) in [5.41, 5.74) is 0.901. The van der Waals surface area contributed by atoms with Crippen molar-refractivity contribution in [2.75, 3.05) is 25.0 Å². The molecule has 0 radical (unpaired) electrons. The minimum Gasteiger partial charge on any atom is -0.406 e. The number of nitrogens with zero attached hydrogens (tertiary/aromatic N) is 1. The van der Waals surface area contributed by atoms with E-state index in [1.54, 1.807) is 19.2 Å². The first-order valence-corrected chi connectivity index (χ1v) is 10.2. The quantitative estimate of drug-likeness (QED) is 0.718. The highest BCUT2D eigenvalue weighted by molar-refractivity contribution is 5.81. The molecule has 0 unspecified atom stereocenters. The molecule has 1 aliphatic carbocycles. The van der Waals surface area contributed by atoms with Gasteiger partial charge in [-0.3, -0.25) is 4.79 Å². The molecule has 2 fully saturated rings. The number of hydrogen-bond acceptors (Lipinski definition) is 4. The number of benzene rings is 1. The monoisotopic (exact) mass is 413 g/mol. The summed E-state index contributed by atoms with van der Waals surface area (Å²) in [6.07, 6.45) is -1.75. The number of amides is 1. The van der Waals surface area contributed by atoms with E-state index < -0.39 is 6.36 Å². The molecule has 1 aromatic rings. The highest BCUT2D eigenvalue weighted by Gasteiger charge is 2.43. The Morgan fingerprint density at radius 3 is 2.48 bits per heavy atom. The molecule has 5 nitrogen and oxygen atoms in total. The molecule has 1 saturated carbocycles. The van der Waals surface area contributed by atoms with E-state index in [4.69, 9.17) is 0 Å². The first-order chi connectivity index (χ1) is 13.7. The van der Waals surface area contributed by atoms with Crippen LogP contribution in [-0.4, -0.2) is 44.5 Å². The Morgan fingerprint density at radius 1 is 1.21 bits per heavy atom. The summed E-state index contributed by atoms with van der Waals surface area (Å²) in [6, 6.07) is 6.15. The molecule has 3 rings (SSSR count). The Labute approximate surface area is 170 Å². The number of carbonyl (C=O) groups excluding carboxylic acids is 1. The van der Waals surface area contributed by atoms with E-state index in [0.29, 0.717) is 17.8 Å². The van der Waals surface area contributed by atoms with Gasteiger partial charge in [0, 0.05) is 31.9 Å². The third-order valence-corrected chi connectivity index (χ3v) is 5.98. The molecule has 1 heterocycles. The van der Waals surface area contributed by atoms with E-state index in [-0.39, 0.29) is 23.7 Å². The number of likely N-dealkylation sites (N-methyl/N-ethyl adjacent to an activating group) is 1. The number of halogens is 3. The van der Waals surface area contributed by atoms with Crippen LogP contribution in [-0.2, 0) is 4.79 Å². The van der Waals surface area contributed by atoms with Gasteiger partial charge in [0.1, 0.15) is 5.75 Å². The lowest BCUT2D eigenvalue weighted by molar-refractivity contribution is -0.274. The Kier molecular flexibility index (Phi) is 6.61. The first-order valence-electron chi connectivity index (χ1n) is 10.2. The van der Waals surface area contributed by atoms with E-state index in [1.165, 1.54) is 12.1 Å². The smallest absolute Gasteiger partial charge is 0.406 e. The second-order valence-corrected chi connectivity index (χ2v) is 8.52. The van der Waals surface area contributed by atoms with Crippen molar-refractivity contribution in [2.24, 2.45) is 17.8 Å². The Balaban J connectivity index is 1.62. The van der Waals surface area contributed by atoms with Gasteiger partial charge >= 0.3 is 6.36 Å². The number of fused-ring (bicyclic) bond motifs is 1. The number of hydrogen-bond donors (Lipinski definition) is 2. The molecule has 1 aliphatic heterocycles. The Bertz CT molecular complexity index is 693. The molecular weight excluding hydrogens is 383 g/mol. The summed E-state index contributed by atoms with van der Waals surface area (Å²) in [5, 5.41) is 6.35. The maximum absolute atomic E-state index is 12.3. The molecule has 2 aliphatic rings.